The van der Waals surface area contributed by atoms with Crippen molar-refractivity contribution in [1.82, 2.24) is 0 Å². The first-order chi connectivity index (χ1) is 10.1. The highest BCUT2D eigenvalue weighted by molar-refractivity contribution is 5.79. The monoisotopic (exact) mass is 279 g/mol. The van der Waals surface area contributed by atoms with Gasteiger partial charge in [0, 0.05) is 0 Å². The largest absolute Gasteiger partial charge is 0.386 e. The summed E-state index contributed by atoms with van der Waals surface area (Å²) in [6.45, 7) is 6.03. The summed E-state index contributed by atoms with van der Waals surface area (Å²) >= 11 is 0. The van der Waals surface area contributed by atoms with Crippen molar-refractivity contribution < 1.29 is 4.84 Å². The molecular formula is C19H21NO. The smallest absolute Gasteiger partial charge is 0.150 e. The van der Waals surface area contributed by atoms with E-state index in [1.54, 1.807) is 6.21 Å². The Morgan fingerprint density at radius 1 is 0.905 bits per heavy atom. The molecule has 0 aliphatic carbocycles. The molecule has 21 heavy (non-hydrogen) atoms. The SMILES string of the molecule is Cc1ccc(/C=N/OC(C)(C)/C=C/c2ccccc2)cc1. The maximum absolute atomic E-state index is 5.57. The van der Waals surface area contributed by atoms with Crippen molar-refractivity contribution in [3.63, 3.8) is 0 Å². The molecule has 0 unspecified atom stereocenters. The van der Waals surface area contributed by atoms with Crippen LogP contribution in [0.1, 0.15) is 30.5 Å². The van der Waals surface area contributed by atoms with Crippen LogP contribution in [0, 0.1) is 6.92 Å². The number of hydrogen-bond donors (Lipinski definition) is 0. The minimum atomic E-state index is -0.447. The molecule has 0 spiro atoms. The number of benzene rings is 2. The van der Waals surface area contributed by atoms with E-state index in [1.807, 2.05) is 56.3 Å². The third-order valence-electron chi connectivity index (χ3n) is 3.04. The normalized spacial score (nSPS) is 12.1. The van der Waals surface area contributed by atoms with Crippen molar-refractivity contribution in [2.45, 2.75) is 26.4 Å². The Morgan fingerprint density at radius 3 is 2.24 bits per heavy atom. The molecule has 0 saturated carbocycles. The first-order valence-electron chi connectivity index (χ1n) is 7.08. The van der Waals surface area contributed by atoms with Crippen LogP contribution < -0.4 is 0 Å². The first-order valence-corrected chi connectivity index (χ1v) is 7.08. The summed E-state index contributed by atoms with van der Waals surface area (Å²) in [4.78, 5) is 5.57. The summed E-state index contributed by atoms with van der Waals surface area (Å²) in [5.74, 6) is 0. The van der Waals surface area contributed by atoms with Gasteiger partial charge in [0.25, 0.3) is 0 Å². The standard InChI is InChI=1S/C19H21NO/c1-16-9-11-18(12-10-16)15-20-21-19(2,3)14-13-17-7-5-4-6-8-17/h4-15H,1-3H3/b14-13+,20-15+. The van der Waals surface area contributed by atoms with E-state index in [9.17, 15) is 0 Å². The van der Waals surface area contributed by atoms with Gasteiger partial charge in [-0.15, -0.1) is 0 Å². The number of aryl methyl sites for hydroxylation is 1. The Kier molecular flexibility index (Phi) is 4.94. The Balaban J connectivity index is 1.94. The Hall–Kier alpha value is -2.35. The van der Waals surface area contributed by atoms with Gasteiger partial charge < -0.3 is 4.84 Å². The molecule has 0 heterocycles. The lowest BCUT2D eigenvalue weighted by Gasteiger charge is -2.17. The fourth-order valence-electron chi connectivity index (χ4n) is 1.77. The van der Waals surface area contributed by atoms with Gasteiger partial charge in [-0.25, -0.2) is 0 Å². The predicted octanol–water partition coefficient (Wildman–Crippen LogP) is 4.84. The van der Waals surface area contributed by atoms with Crippen LogP contribution in [0.3, 0.4) is 0 Å². The zero-order chi connectivity index (χ0) is 15.1. The topological polar surface area (TPSA) is 21.6 Å². The van der Waals surface area contributed by atoms with E-state index >= 15 is 0 Å². The van der Waals surface area contributed by atoms with Crippen molar-refractivity contribution in [2.24, 2.45) is 5.16 Å². The molecule has 0 amide bonds. The summed E-state index contributed by atoms with van der Waals surface area (Å²) in [5, 5.41) is 4.08. The van der Waals surface area contributed by atoms with Crippen LogP contribution in [0.25, 0.3) is 6.08 Å². The maximum Gasteiger partial charge on any atom is 0.150 e. The molecule has 2 aromatic rings. The van der Waals surface area contributed by atoms with E-state index in [0.717, 1.165) is 11.1 Å². The Morgan fingerprint density at radius 2 is 1.57 bits per heavy atom. The van der Waals surface area contributed by atoms with Gasteiger partial charge in [-0.05, 0) is 38.0 Å². The number of nitrogens with zero attached hydrogens (tertiary/aromatic N) is 1. The minimum absolute atomic E-state index is 0.447. The average molecular weight is 279 g/mol. The van der Waals surface area contributed by atoms with Gasteiger partial charge in [0.1, 0.15) is 0 Å². The van der Waals surface area contributed by atoms with Crippen molar-refractivity contribution in [2.75, 3.05) is 0 Å². The highest BCUT2D eigenvalue weighted by Crippen LogP contribution is 2.14. The van der Waals surface area contributed by atoms with Crippen LogP contribution in [0.5, 0.6) is 0 Å². The second-order valence-corrected chi connectivity index (χ2v) is 5.58. The van der Waals surface area contributed by atoms with Gasteiger partial charge in [0.15, 0.2) is 5.60 Å². The molecule has 0 atom stereocenters. The zero-order valence-electron chi connectivity index (χ0n) is 12.8. The molecular weight excluding hydrogens is 258 g/mol. The second-order valence-electron chi connectivity index (χ2n) is 5.58. The molecule has 0 aliphatic rings. The molecule has 2 nitrogen and oxygen atoms in total. The quantitative estimate of drug-likeness (QED) is 0.567. The Labute approximate surface area is 126 Å². The van der Waals surface area contributed by atoms with Crippen molar-refractivity contribution >= 4 is 12.3 Å². The van der Waals surface area contributed by atoms with Crippen LogP contribution in [0.4, 0.5) is 0 Å². The summed E-state index contributed by atoms with van der Waals surface area (Å²) in [6.07, 6.45) is 5.79. The van der Waals surface area contributed by atoms with Gasteiger partial charge in [0.2, 0.25) is 0 Å². The third kappa shape index (κ3) is 5.27. The Bertz CT molecular complexity index is 610. The molecule has 2 heteroatoms. The van der Waals surface area contributed by atoms with Crippen molar-refractivity contribution in [1.29, 1.82) is 0 Å². The average Bonchev–Trinajstić information content (AvgIpc) is 2.48. The lowest BCUT2D eigenvalue weighted by Crippen LogP contribution is -2.18. The van der Waals surface area contributed by atoms with Crippen molar-refractivity contribution in [3.8, 4) is 0 Å². The fourth-order valence-corrected chi connectivity index (χ4v) is 1.77. The molecule has 0 radical (unpaired) electrons. The summed E-state index contributed by atoms with van der Waals surface area (Å²) in [5.41, 5.74) is 2.97. The van der Waals surface area contributed by atoms with Crippen LogP contribution >= 0.6 is 0 Å². The van der Waals surface area contributed by atoms with Crippen LogP contribution in [0.2, 0.25) is 0 Å². The zero-order valence-corrected chi connectivity index (χ0v) is 12.8. The highest BCUT2D eigenvalue weighted by atomic mass is 16.6. The van der Waals surface area contributed by atoms with E-state index in [-0.39, 0.29) is 0 Å². The van der Waals surface area contributed by atoms with Gasteiger partial charge in [-0.2, -0.15) is 0 Å². The molecule has 0 bridgehead atoms. The molecule has 2 aromatic carbocycles. The summed E-state index contributed by atoms with van der Waals surface area (Å²) in [6, 6.07) is 18.3. The molecule has 0 N–H and O–H groups in total. The fraction of sp³-hybridized carbons (Fsp3) is 0.211. The van der Waals surface area contributed by atoms with E-state index in [4.69, 9.17) is 4.84 Å². The lowest BCUT2D eigenvalue weighted by molar-refractivity contribution is 0.0260. The summed E-state index contributed by atoms with van der Waals surface area (Å²) in [7, 11) is 0. The van der Waals surface area contributed by atoms with E-state index in [2.05, 4.69) is 36.3 Å². The lowest BCUT2D eigenvalue weighted by atomic mass is 10.1. The molecule has 2 rings (SSSR count). The maximum atomic E-state index is 5.57. The highest BCUT2D eigenvalue weighted by Gasteiger charge is 2.14. The van der Waals surface area contributed by atoms with E-state index in [0.29, 0.717) is 0 Å². The van der Waals surface area contributed by atoms with E-state index < -0.39 is 5.60 Å². The van der Waals surface area contributed by atoms with Gasteiger partial charge in [0.05, 0.1) is 6.21 Å². The third-order valence-corrected chi connectivity index (χ3v) is 3.04. The van der Waals surface area contributed by atoms with Gasteiger partial charge >= 0.3 is 0 Å². The van der Waals surface area contributed by atoms with Crippen LogP contribution in [-0.4, -0.2) is 11.8 Å². The number of oxime groups is 1. The second kappa shape index (κ2) is 6.89. The minimum Gasteiger partial charge on any atom is -0.386 e. The van der Waals surface area contributed by atoms with Gasteiger partial charge in [-0.1, -0.05) is 71.4 Å². The van der Waals surface area contributed by atoms with Crippen LogP contribution in [-0.2, 0) is 4.84 Å². The molecule has 0 saturated heterocycles. The first kappa shape index (κ1) is 15.0. The van der Waals surface area contributed by atoms with Crippen LogP contribution in [0.15, 0.2) is 65.8 Å². The molecule has 0 aliphatic heterocycles. The van der Waals surface area contributed by atoms with Gasteiger partial charge in [-0.3, -0.25) is 0 Å². The number of hydrogen-bond acceptors (Lipinski definition) is 2. The molecule has 0 fully saturated rings. The van der Waals surface area contributed by atoms with E-state index in [1.165, 1.54) is 5.56 Å². The van der Waals surface area contributed by atoms with Crippen molar-refractivity contribution in [3.05, 3.63) is 77.4 Å². The number of rotatable bonds is 5. The predicted molar refractivity (Wildman–Crippen MR) is 89.4 cm³/mol. The summed E-state index contributed by atoms with van der Waals surface area (Å²) < 4.78 is 0. The molecule has 0 aromatic heterocycles. The molecule has 108 valence electrons.